The van der Waals surface area contributed by atoms with Crippen molar-refractivity contribution in [3.05, 3.63) is 77.1 Å². The minimum absolute atomic E-state index is 0.0466. The Hall–Kier alpha value is -3.18. The number of nitrogens with zero attached hydrogens (tertiary/aromatic N) is 2. The van der Waals surface area contributed by atoms with E-state index in [1.54, 1.807) is 17.7 Å². The normalized spacial score (nSPS) is 16.7. The Balaban J connectivity index is 1.29. The molecule has 272 valence electrons. The SMILES string of the molecule is CCCCCC(=O)NC(O)(O)C(O)(O)C(O)CN(C)S(=O)(=O)c1ccc(Cl)c(COC2(c3cnccc3-c3ccccc3OC3CC3)CC2)c1. The number of benzene rings is 2. The highest BCUT2D eigenvalue weighted by molar-refractivity contribution is 7.89. The van der Waals surface area contributed by atoms with Crippen molar-refractivity contribution in [1.82, 2.24) is 14.6 Å². The number of carbonyl (C=O) groups is 1. The first-order valence-electron chi connectivity index (χ1n) is 16.6. The second kappa shape index (κ2) is 15.2. The number of nitrogens with one attached hydrogen (secondary N) is 1. The van der Waals surface area contributed by atoms with Gasteiger partial charge in [0.1, 0.15) is 11.9 Å². The number of pyridine rings is 1. The van der Waals surface area contributed by atoms with E-state index in [1.165, 1.54) is 18.2 Å². The van der Waals surface area contributed by atoms with Crippen LogP contribution in [-0.4, -0.2) is 86.6 Å². The van der Waals surface area contributed by atoms with E-state index in [-0.39, 0.29) is 29.0 Å². The standard InChI is InChI=1S/C35H44ClN3O10S/c1-3-4-5-10-32(41)38-35(44,45)34(42,43)31(40)21-39(2)50(46,47)25-13-14-29(36)23(19-25)22-48-33(16-17-33)28-20-37-18-15-26(28)27-8-6-7-9-30(27)49-24-11-12-24/h6-9,13-15,18-20,24,31,40,42-45H,3-5,10-12,16-17,21-22H2,1-2H3,(H,38,41). The summed E-state index contributed by atoms with van der Waals surface area (Å²) >= 11 is 6.49. The lowest BCUT2D eigenvalue weighted by Gasteiger charge is -2.38. The van der Waals surface area contributed by atoms with Gasteiger partial charge in [0.05, 0.1) is 23.2 Å². The Bertz CT molecular complexity index is 1780. The van der Waals surface area contributed by atoms with Gasteiger partial charge in [0.25, 0.3) is 5.79 Å². The minimum atomic E-state index is -4.40. The van der Waals surface area contributed by atoms with E-state index < -0.39 is 45.9 Å². The number of unbranched alkanes of at least 4 members (excludes halogenated alkanes) is 2. The fraction of sp³-hybridized carbons (Fsp3) is 0.486. The van der Waals surface area contributed by atoms with Crippen LogP contribution in [0, 0.1) is 0 Å². The number of amides is 1. The van der Waals surface area contributed by atoms with Crippen LogP contribution in [0.5, 0.6) is 5.75 Å². The number of aliphatic hydroxyl groups is 5. The highest BCUT2D eigenvalue weighted by Crippen LogP contribution is 2.53. The summed E-state index contributed by atoms with van der Waals surface area (Å²) in [7, 11) is -3.33. The number of likely N-dealkylation sites (N-methyl/N-ethyl adjacent to an activating group) is 1. The lowest BCUT2D eigenvalue weighted by Crippen LogP contribution is -2.70. The molecule has 1 unspecified atom stereocenters. The van der Waals surface area contributed by atoms with E-state index in [0.717, 1.165) is 48.8 Å². The van der Waals surface area contributed by atoms with E-state index in [9.17, 15) is 38.7 Å². The van der Waals surface area contributed by atoms with Crippen LogP contribution in [-0.2, 0) is 31.8 Å². The average molecular weight is 734 g/mol. The summed E-state index contributed by atoms with van der Waals surface area (Å²) in [6, 6.07) is 13.7. The Morgan fingerprint density at radius 3 is 2.50 bits per heavy atom. The molecule has 0 spiro atoms. The zero-order valence-corrected chi connectivity index (χ0v) is 29.5. The molecule has 0 aliphatic heterocycles. The number of aliphatic hydroxyl groups excluding tert-OH is 1. The largest absolute Gasteiger partial charge is 0.490 e. The smallest absolute Gasteiger partial charge is 0.306 e. The number of ether oxygens (including phenoxy) is 2. The molecule has 6 N–H and O–H groups in total. The molecule has 2 aromatic carbocycles. The molecule has 2 aliphatic rings. The van der Waals surface area contributed by atoms with Gasteiger partial charge in [0.2, 0.25) is 15.9 Å². The molecule has 1 aromatic heterocycles. The zero-order valence-electron chi connectivity index (χ0n) is 28.0. The lowest BCUT2D eigenvalue weighted by atomic mass is 9.96. The number of carbonyl (C=O) groups excluding carboxylic acids is 1. The van der Waals surface area contributed by atoms with E-state index in [2.05, 4.69) is 4.98 Å². The van der Waals surface area contributed by atoms with Crippen LogP contribution in [0.2, 0.25) is 5.02 Å². The summed E-state index contributed by atoms with van der Waals surface area (Å²) in [6.45, 7) is 0.869. The third-order valence-corrected chi connectivity index (χ3v) is 11.2. The van der Waals surface area contributed by atoms with Gasteiger partial charge in [-0.3, -0.25) is 9.78 Å². The fourth-order valence-electron chi connectivity index (χ4n) is 5.56. The highest BCUT2D eigenvalue weighted by Gasteiger charge is 2.55. The first kappa shape index (κ1) is 38.1. The number of hydrogen-bond acceptors (Lipinski definition) is 11. The second-order valence-electron chi connectivity index (χ2n) is 13.0. The van der Waals surface area contributed by atoms with Crippen molar-refractivity contribution in [1.29, 1.82) is 0 Å². The van der Waals surface area contributed by atoms with Gasteiger partial charge in [0, 0.05) is 48.6 Å². The quantitative estimate of drug-likeness (QED) is 0.0830. The first-order chi connectivity index (χ1) is 23.6. The van der Waals surface area contributed by atoms with Crippen LogP contribution in [0.25, 0.3) is 11.1 Å². The van der Waals surface area contributed by atoms with Crippen molar-refractivity contribution in [3.63, 3.8) is 0 Å². The molecule has 3 aromatic rings. The number of halogens is 1. The zero-order chi connectivity index (χ0) is 36.3. The Labute approximate surface area is 296 Å². The summed E-state index contributed by atoms with van der Waals surface area (Å²) in [6.07, 6.45) is 6.43. The third kappa shape index (κ3) is 8.47. The molecule has 13 nitrogen and oxygen atoms in total. The average Bonchev–Trinajstić information content (AvgIpc) is 4.02. The van der Waals surface area contributed by atoms with Crippen LogP contribution in [0.4, 0.5) is 0 Å². The predicted octanol–water partition coefficient (Wildman–Crippen LogP) is 3.15. The molecule has 0 bridgehead atoms. The van der Waals surface area contributed by atoms with E-state index in [0.29, 0.717) is 35.6 Å². The molecule has 2 fully saturated rings. The van der Waals surface area contributed by atoms with Gasteiger partial charge >= 0.3 is 5.91 Å². The van der Waals surface area contributed by atoms with Gasteiger partial charge < -0.3 is 40.3 Å². The van der Waals surface area contributed by atoms with Crippen LogP contribution >= 0.6 is 11.6 Å². The van der Waals surface area contributed by atoms with Crippen LogP contribution in [0.15, 0.2) is 65.8 Å². The van der Waals surface area contributed by atoms with E-state index in [4.69, 9.17) is 21.1 Å². The number of para-hydroxylation sites is 1. The maximum atomic E-state index is 13.5. The van der Waals surface area contributed by atoms with Crippen LogP contribution in [0.1, 0.15) is 69.4 Å². The second-order valence-corrected chi connectivity index (χ2v) is 15.4. The highest BCUT2D eigenvalue weighted by atomic mass is 35.5. The third-order valence-electron chi connectivity index (χ3n) is 8.97. The van der Waals surface area contributed by atoms with Crippen molar-refractivity contribution in [2.75, 3.05) is 13.6 Å². The summed E-state index contributed by atoms with van der Waals surface area (Å²) in [5, 5.41) is 53.8. The lowest BCUT2D eigenvalue weighted by molar-refractivity contribution is -0.392. The Kier molecular flexibility index (Phi) is 11.6. The fourth-order valence-corrected chi connectivity index (χ4v) is 6.96. The molecular weight excluding hydrogens is 690 g/mol. The van der Waals surface area contributed by atoms with Gasteiger partial charge in [-0.25, -0.2) is 8.42 Å². The van der Waals surface area contributed by atoms with Crippen molar-refractivity contribution < 1.29 is 48.2 Å². The van der Waals surface area contributed by atoms with Crippen molar-refractivity contribution in [3.8, 4) is 16.9 Å². The molecule has 15 heteroatoms. The molecular formula is C35H44ClN3O10S. The van der Waals surface area contributed by atoms with Gasteiger partial charge in [-0.05, 0) is 73.6 Å². The minimum Gasteiger partial charge on any atom is -0.490 e. The maximum absolute atomic E-state index is 13.5. The van der Waals surface area contributed by atoms with Gasteiger partial charge in [-0.1, -0.05) is 49.6 Å². The number of sulfonamides is 1. The van der Waals surface area contributed by atoms with Gasteiger partial charge in [-0.15, -0.1) is 0 Å². The molecule has 1 amide bonds. The van der Waals surface area contributed by atoms with Crippen molar-refractivity contribution in [2.24, 2.45) is 0 Å². The predicted molar refractivity (Wildman–Crippen MR) is 183 cm³/mol. The Morgan fingerprint density at radius 2 is 1.82 bits per heavy atom. The number of aromatic nitrogens is 1. The molecule has 0 radical (unpaired) electrons. The van der Waals surface area contributed by atoms with E-state index in [1.807, 2.05) is 37.3 Å². The van der Waals surface area contributed by atoms with Crippen molar-refractivity contribution in [2.45, 2.75) is 99.3 Å². The topological polar surface area (TPSA) is 199 Å². The molecule has 2 saturated carbocycles. The molecule has 1 atom stereocenters. The first-order valence-corrected chi connectivity index (χ1v) is 18.4. The maximum Gasteiger partial charge on any atom is 0.306 e. The van der Waals surface area contributed by atoms with Crippen molar-refractivity contribution >= 4 is 27.5 Å². The summed E-state index contributed by atoms with van der Waals surface area (Å²) < 4.78 is 40.3. The molecule has 1 heterocycles. The summed E-state index contributed by atoms with van der Waals surface area (Å²) in [5.74, 6) is -7.56. The molecule has 50 heavy (non-hydrogen) atoms. The van der Waals surface area contributed by atoms with E-state index >= 15 is 0 Å². The van der Waals surface area contributed by atoms with Gasteiger partial charge in [-0.2, -0.15) is 4.31 Å². The molecule has 0 saturated heterocycles. The van der Waals surface area contributed by atoms with Crippen LogP contribution in [0.3, 0.4) is 0 Å². The van der Waals surface area contributed by atoms with Crippen LogP contribution < -0.4 is 10.1 Å². The molecule has 5 rings (SSSR count). The number of hydrogen-bond donors (Lipinski definition) is 6. The summed E-state index contributed by atoms with van der Waals surface area (Å²) in [4.78, 5) is 16.2. The monoisotopic (exact) mass is 733 g/mol. The summed E-state index contributed by atoms with van der Waals surface area (Å²) in [5.41, 5.74) is 2.40. The van der Waals surface area contributed by atoms with Gasteiger partial charge in [0.15, 0.2) is 0 Å². The number of rotatable bonds is 18. The molecule has 2 aliphatic carbocycles. The Morgan fingerprint density at radius 1 is 1.10 bits per heavy atom.